The number of hydrogen-bond acceptors (Lipinski definition) is 6. The van der Waals surface area contributed by atoms with E-state index in [1.165, 1.54) is 11.0 Å². The summed E-state index contributed by atoms with van der Waals surface area (Å²) in [6.07, 6.45) is 5.86. The highest BCUT2D eigenvalue weighted by atomic mass is 16.2. The highest BCUT2D eigenvalue weighted by Gasteiger charge is 2.41. The van der Waals surface area contributed by atoms with Gasteiger partial charge >= 0.3 is 0 Å². The lowest BCUT2D eigenvalue weighted by atomic mass is 10.1. The van der Waals surface area contributed by atoms with Crippen molar-refractivity contribution in [2.24, 2.45) is 0 Å². The summed E-state index contributed by atoms with van der Waals surface area (Å²) in [5, 5.41) is 12.0. The molecule has 3 aromatic rings. The third kappa shape index (κ3) is 3.32. The third-order valence-electron chi connectivity index (χ3n) is 5.90. The van der Waals surface area contributed by atoms with E-state index in [4.69, 9.17) is 0 Å². The van der Waals surface area contributed by atoms with E-state index in [0.717, 1.165) is 30.2 Å². The van der Waals surface area contributed by atoms with Gasteiger partial charge in [0.05, 0.1) is 5.52 Å². The number of carbonyl (C=O) groups excluding carboxylic acids is 2. The Hall–Kier alpha value is -3.36. The second-order valence-electron chi connectivity index (χ2n) is 7.64. The van der Waals surface area contributed by atoms with E-state index in [9.17, 15) is 9.59 Å². The second-order valence-corrected chi connectivity index (χ2v) is 7.64. The van der Waals surface area contributed by atoms with Gasteiger partial charge in [-0.1, -0.05) is 12.1 Å². The predicted molar refractivity (Wildman–Crippen MR) is 104 cm³/mol. The summed E-state index contributed by atoms with van der Waals surface area (Å²) in [5.74, 6) is 0.00647. The van der Waals surface area contributed by atoms with Crippen LogP contribution in [0.25, 0.3) is 10.9 Å². The first-order valence-electron chi connectivity index (χ1n) is 9.85. The molecule has 2 unspecified atom stereocenters. The van der Waals surface area contributed by atoms with Crippen LogP contribution < -0.4 is 0 Å². The van der Waals surface area contributed by atoms with E-state index >= 15 is 0 Å². The molecule has 0 saturated carbocycles. The summed E-state index contributed by atoms with van der Waals surface area (Å²) in [6.45, 7) is 1.33. The first-order chi connectivity index (χ1) is 14.2. The van der Waals surface area contributed by atoms with Crippen molar-refractivity contribution in [3.05, 3.63) is 48.4 Å². The van der Waals surface area contributed by atoms with Crippen LogP contribution in [0.2, 0.25) is 0 Å². The number of rotatable bonds is 3. The van der Waals surface area contributed by atoms with Crippen LogP contribution >= 0.6 is 0 Å². The SMILES string of the molecule is O=C(c1ccc2cccnc2c1)N1CCC2CCC(C1)N2C(=O)Cn1cnnn1. The predicted octanol–water partition coefficient (Wildman–Crippen LogP) is 1.13. The van der Waals surface area contributed by atoms with Gasteiger partial charge in [0.1, 0.15) is 12.9 Å². The molecule has 2 aliphatic rings. The minimum atomic E-state index is -0.00187. The molecule has 2 fully saturated rings. The topological polar surface area (TPSA) is 97.1 Å². The van der Waals surface area contributed by atoms with Crippen LogP contribution in [0.4, 0.5) is 0 Å². The standard InChI is InChI=1S/C20H21N7O2/c28-19(12-26-13-22-23-24-26)27-16-5-6-17(27)11-25(9-7-16)20(29)15-4-3-14-2-1-8-21-18(14)10-15/h1-4,8,10,13,16-17H,5-7,9,11-12H2. The van der Waals surface area contributed by atoms with Gasteiger partial charge in [-0.3, -0.25) is 14.6 Å². The maximum absolute atomic E-state index is 13.2. The number of aromatic nitrogens is 5. The van der Waals surface area contributed by atoms with E-state index in [-0.39, 0.29) is 30.4 Å². The van der Waals surface area contributed by atoms with Crippen molar-refractivity contribution < 1.29 is 9.59 Å². The molecule has 0 spiro atoms. The fourth-order valence-electron chi connectivity index (χ4n) is 4.52. The van der Waals surface area contributed by atoms with Crippen LogP contribution in [0, 0.1) is 0 Å². The van der Waals surface area contributed by atoms with Crippen molar-refractivity contribution in [1.29, 1.82) is 0 Å². The molecule has 9 nitrogen and oxygen atoms in total. The molecule has 5 rings (SSSR count). The summed E-state index contributed by atoms with van der Waals surface area (Å²) in [6, 6.07) is 9.71. The molecule has 148 valence electrons. The Labute approximate surface area is 167 Å². The van der Waals surface area contributed by atoms with Gasteiger partial charge in [0, 0.05) is 42.3 Å². The van der Waals surface area contributed by atoms with Crippen LogP contribution in [0.15, 0.2) is 42.9 Å². The third-order valence-corrected chi connectivity index (χ3v) is 5.90. The minimum absolute atomic E-state index is 0.00187. The molecule has 2 saturated heterocycles. The van der Waals surface area contributed by atoms with Crippen molar-refractivity contribution in [3.8, 4) is 0 Å². The maximum atomic E-state index is 13.2. The Bertz CT molecular complexity index is 1050. The Morgan fingerprint density at radius 3 is 2.86 bits per heavy atom. The monoisotopic (exact) mass is 391 g/mol. The molecule has 2 bridgehead atoms. The summed E-state index contributed by atoms with van der Waals surface area (Å²) in [7, 11) is 0. The van der Waals surface area contributed by atoms with Gasteiger partial charge in [0.2, 0.25) is 5.91 Å². The minimum Gasteiger partial charge on any atom is -0.337 e. The molecular formula is C20H21N7O2. The van der Waals surface area contributed by atoms with Crippen LogP contribution in [0.1, 0.15) is 29.6 Å². The lowest BCUT2D eigenvalue weighted by molar-refractivity contribution is -0.134. The number of benzene rings is 1. The Balaban J connectivity index is 1.34. The smallest absolute Gasteiger partial charge is 0.254 e. The Kier molecular flexibility index (Phi) is 4.42. The van der Waals surface area contributed by atoms with E-state index in [1.54, 1.807) is 6.20 Å². The average Bonchev–Trinajstić information content (AvgIpc) is 3.34. The molecule has 4 heterocycles. The second kappa shape index (κ2) is 7.23. The molecule has 9 heteroatoms. The van der Waals surface area contributed by atoms with Crippen LogP contribution in [-0.2, 0) is 11.3 Å². The zero-order chi connectivity index (χ0) is 19.8. The van der Waals surface area contributed by atoms with Crippen molar-refractivity contribution in [3.63, 3.8) is 0 Å². The molecule has 0 radical (unpaired) electrons. The fraction of sp³-hybridized carbons (Fsp3) is 0.400. The lowest BCUT2D eigenvalue weighted by Gasteiger charge is -2.29. The van der Waals surface area contributed by atoms with E-state index < -0.39 is 0 Å². The number of pyridine rings is 1. The molecule has 0 N–H and O–H groups in total. The van der Waals surface area contributed by atoms with Crippen molar-refractivity contribution >= 4 is 22.7 Å². The largest absolute Gasteiger partial charge is 0.337 e. The number of nitrogens with zero attached hydrogens (tertiary/aromatic N) is 7. The molecule has 0 aliphatic carbocycles. The summed E-state index contributed by atoms with van der Waals surface area (Å²) < 4.78 is 1.44. The van der Waals surface area contributed by atoms with Gasteiger partial charge in [-0.05, 0) is 47.9 Å². The number of tetrazole rings is 1. The van der Waals surface area contributed by atoms with E-state index in [1.807, 2.05) is 40.1 Å². The van der Waals surface area contributed by atoms with Crippen molar-refractivity contribution in [2.45, 2.75) is 37.9 Å². The molecular weight excluding hydrogens is 370 g/mol. The molecule has 2 aliphatic heterocycles. The Morgan fingerprint density at radius 2 is 2.00 bits per heavy atom. The van der Waals surface area contributed by atoms with E-state index in [2.05, 4.69) is 20.5 Å². The van der Waals surface area contributed by atoms with Gasteiger partial charge in [-0.15, -0.1) is 5.10 Å². The highest BCUT2D eigenvalue weighted by Crippen LogP contribution is 2.31. The number of hydrogen-bond donors (Lipinski definition) is 0. The van der Waals surface area contributed by atoms with Gasteiger partial charge in [0.25, 0.3) is 5.91 Å². The number of amides is 2. The number of fused-ring (bicyclic) bond motifs is 3. The van der Waals surface area contributed by atoms with Gasteiger partial charge in [-0.25, -0.2) is 4.68 Å². The van der Waals surface area contributed by atoms with Gasteiger partial charge in [-0.2, -0.15) is 0 Å². The van der Waals surface area contributed by atoms with Gasteiger partial charge < -0.3 is 9.80 Å². The van der Waals surface area contributed by atoms with Crippen LogP contribution in [0.3, 0.4) is 0 Å². The number of carbonyl (C=O) groups is 2. The summed E-state index contributed by atoms with van der Waals surface area (Å²) >= 11 is 0. The molecule has 2 amide bonds. The normalized spacial score (nSPS) is 21.4. The zero-order valence-electron chi connectivity index (χ0n) is 15.9. The first-order valence-corrected chi connectivity index (χ1v) is 9.85. The zero-order valence-corrected chi connectivity index (χ0v) is 15.9. The number of likely N-dealkylation sites (tertiary alicyclic amines) is 1. The van der Waals surface area contributed by atoms with Gasteiger partial charge in [0.15, 0.2) is 0 Å². The quantitative estimate of drug-likeness (QED) is 0.664. The van der Waals surface area contributed by atoms with Crippen molar-refractivity contribution in [1.82, 2.24) is 35.0 Å². The highest BCUT2D eigenvalue weighted by molar-refractivity contribution is 5.97. The summed E-state index contributed by atoms with van der Waals surface area (Å²) in [4.78, 5) is 34.2. The van der Waals surface area contributed by atoms with Crippen LogP contribution in [-0.4, -0.2) is 72.0 Å². The lowest BCUT2D eigenvalue weighted by Crippen LogP contribution is -2.45. The molecule has 29 heavy (non-hydrogen) atoms. The fourth-order valence-corrected chi connectivity index (χ4v) is 4.52. The maximum Gasteiger partial charge on any atom is 0.254 e. The Morgan fingerprint density at radius 1 is 1.10 bits per heavy atom. The molecule has 1 aromatic carbocycles. The molecule has 2 aromatic heterocycles. The van der Waals surface area contributed by atoms with Crippen molar-refractivity contribution in [2.75, 3.05) is 13.1 Å². The van der Waals surface area contributed by atoms with E-state index in [0.29, 0.717) is 18.7 Å². The average molecular weight is 391 g/mol. The first kappa shape index (κ1) is 17.7. The molecule has 2 atom stereocenters. The van der Waals surface area contributed by atoms with Crippen LogP contribution in [0.5, 0.6) is 0 Å². The summed E-state index contributed by atoms with van der Waals surface area (Å²) in [5.41, 5.74) is 1.45.